The van der Waals surface area contributed by atoms with Crippen LogP contribution in [0.5, 0.6) is 0 Å². The van der Waals surface area contributed by atoms with Gasteiger partial charge in [0.05, 0.1) is 36.4 Å². The van der Waals surface area contributed by atoms with Gasteiger partial charge in [0.15, 0.2) is 11.6 Å². The molecule has 0 bridgehead atoms. The molecule has 0 radical (unpaired) electrons. The van der Waals surface area contributed by atoms with E-state index in [4.69, 9.17) is 4.42 Å². The number of oxazole rings is 1. The van der Waals surface area contributed by atoms with Gasteiger partial charge in [-0.15, -0.1) is 0 Å². The summed E-state index contributed by atoms with van der Waals surface area (Å²) in [4.78, 5) is 38.2. The molecule has 0 aromatic carbocycles. The van der Waals surface area contributed by atoms with Crippen LogP contribution in [0.2, 0.25) is 0 Å². The normalized spacial score (nSPS) is 17.1. The second-order valence-corrected chi connectivity index (χ2v) is 5.74. The SMILES string of the molecule is CC(=O)N1CCC[C@H]1c1cncc(CNC(=O)c2coc(C)n2)n1. The summed E-state index contributed by atoms with van der Waals surface area (Å²) in [5.41, 5.74) is 1.62. The zero-order chi connectivity index (χ0) is 17.1. The largest absolute Gasteiger partial charge is 0.448 e. The summed E-state index contributed by atoms with van der Waals surface area (Å²) < 4.78 is 5.02. The van der Waals surface area contributed by atoms with Gasteiger partial charge in [0, 0.05) is 20.4 Å². The van der Waals surface area contributed by atoms with Gasteiger partial charge in [-0.1, -0.05) is 0 Å². The fourth-order valence-corrected chi connectivity index (χ4v) is 2.85. The Kier molecular flexibility index (Phi) is 4.54. The number of aromatic nitrogens is 3. The molecule has 1 aliphatic rings. The summed E-state index contributed by atoms with van der Waals surface area (Å²) in [5.74, 6) is 0.150. The van der Waals surface area contributed by atoms with Crippen molar-refractivity contribution in [1.29, 1.82) is 0 Å². The molecule has 3 heterocycles. The first kappa shape index (κ1) is 16.1. The highest BCUT2D eigenvalue weighted by Gasteiger charge is 2.29. The second-order valence-electron chi connectivity index (χ2n) is 5.74. The first-order chi connectivity index (χ1) is 11.5. The summed E-state index contributed by atoms with van der Waals surface area (Å²) >= 11 is 0. The van der Waals surface area contributed by atoms with E-state index in [9.17, 15) is 9.59 Å². The van der Waals surface area contributed by atoms with Crippen LogP contribution in [-0.4, -0.2) is 38.2 Å². The number of hydrogen-bond donors (Lipinski definition) is 1. The van der Waals surface area contributed by atoms with Gasteiger partial charge in [0.25, 0.3) is 5.91 Å². The van der Waals surface area contributed by atoms with Gasteiger partial charge in [-0.2, -0.15) is 0 Å². The molecule has 1 aliphatic heterocycles. The van der Waals surface area contributed by atoms with Gasteiger partial charge in [-0.3, -0.25) is 19.6 Å². The average Bonchev–Trinajstić information content (AvgIpc) is 3.22. The molecule has 1 N–H and O–H groups in total. The molecule has 0 unspecified atom stereocenters. The maximum Gasteiger partial charge on any atom is 0.273 e. The number of rotatable bonds is 4. The molecule has 2 aromatic heterocycles. The molecule has 8 heteroatoms. The van der Waals surface area contributed by atoms with Crippen LogP contribution in [0.15, 0.2) is 23.1 Å². The van der Waals surface area contributed by atoms with Crippen molar-refractivity contribution >= 4 is 11.8 Å². The standard InChI is InChI=1S/C16H19N5O3/c1-10-19-14(9-24-10)16(23)18-7-12-6-17-8-13(20-12)15-4-3-5-21(15)11(2)22/h6,8-9,15H,3-5,7H2,1-2H3,(H,18,23)/t15-/m0/s1. The lowest BCUT2D eigenvalue weighted by Gasteiger charge is -2.22. The molecule has 8 nitrogen and oxygen atoms in total. The minimum atomic E-state index is -0.328. The number of likely N-dealkylation sites (tertiary alicyclic amines) is 1. The van der Waals surface area contributed by atoms with Crippen molar-refractivity contribution in [2.45, 2.75) is 39.3 Å². The number of carbonyl (C=O) groups excluding carboxylic acids is 2. The number of nitrogens with one attached hydrogen (secondary N) is 1. The monoisotopic (exact) mass is 329 g/mol. The van der Waals surface area contributed by atoms with Crippen LogP contribution >= 0.6 is 0 Å². The Morgan fingerprint density at radius 1 is 1.38 bits per heavy atom. The smallest absolute Gasteiger partial charge is 0.273 e. The molecule has 1 atom stereocenters. The van der Waals surface area contributed by atoms with Gasteiger partial charge in [-0.05, 0) is 12.8 Å². The third-order valence-electron chi connectivity index (χ3n) is 3.98. The summed E-state index contributed by atoms with van der Waals surface area (Å²) in [6.07, 6.45) is 6.43. The van der Waals surface area contributed by atoms with E-state index >= 15 is 0 Å². The van der Waals surface area contributed by atoms with Crippen molar-refractivity contribution in [2.75, 3.05) is 6.54 Å². The molecule has 2 aromatic rings. The van der Waals surface area contributed by atoms with Crippen LogP contribution in [0, 0.1) is 6.92 Å². The first-order valence-corrected chi connectivity index (χ1v) is 7.83. The lowest BCUT2D eigenvalue weighted by molar-refractivity contribution is -0.129. The lowest BCUT2D eigenvalue weighted by Crippen LogP contribution is -2.29. The molecule has 1 fully saturated rings. The Morgan fingerprint density at radius 3 is 2.92 bits per heavy atom. The third kappa shape index (κ3) is 3.42. The quantitative estimate of drug-likeness (QED) is 0.909. The topological polar surface area (TPSA) is 101 Å². The predicted octanol–water partition coefficient (Wildman–Crippen LogP) is 1.39. The van der Waals surface area contributed by atoms with E-state index in [1.54, 1.807) is 26.2 Å². The molecule has 126 valence electrons. The van der Waals surface area contributed by atoms with Crippen molar-refractivity contribution in [2.24, 2.45) is 0 Å². The number of aryl methyl sites for hydroxylation is 1. The molecule has 0 saturated carbocycles. The fourth-order valence-electron chi connectivity index (χ4n) is 2.85. The molecule has 2 amide bonds. The minimum Gasteiger partial charge on any atom is -0.448 e. The highest BCUT2D eigenvalue weighted by molar-refractivity contribution is 5.91. The molecular weight excluding hydrogens is 310 g/mol. The van der Waals surface area contributed by atoms with Gasteiger partial charge in [-0.25, -0.2) is 4.98 Å². The van der Waals surface area contributed by atoms with Crippen LogP contribution in [0.3, 0.4) is 0 Å². The minimum absolute atomic E-state index is 0.0381. The zero-order valence-electron chi connectivity index (χ0n) is 13.7. The van der Waals surface area contributed by atoms with Crippen molar-refractivity contribution < 1.29 is 14.0 Å². The van der Waals surface area contributed by atoms with E-state index in [2.05, 4.69) is 20.3 Å². The van der Waals surface area contributed by atoms with Gasteiger partial charge >= 0.3 is 0 Å². The summed E-state index contributed by atoms with van der Waals surface area (Å²) in [6, 6.07) is -0.0381. The molecular formula is C16H19N5O3. The fraction of sp³-hybridized carbons (Fsp3) is 0.438. The lowest BCUT2D eigenvalue weighted by atomic mass is 10.1. The second kappa shape index (κ2) is 6.77. The van der Waals surface area contributed by atoms with Crippen LogP contribution in [0.1, 0.15) is 53.6 Å². The summed E-state index contributed by atoms with van der Waals surface area (Å²) in [5, 5.41) is 2.74. The van der Waals surface area contributed by atoms with Crippen LogP contribution < -0.4 is 5.32 Å². The maximum atomic E-state index is 12.0. The van der Waals surface area contributed by atoms with E-state index in [0.29, 0.717) is 11.6 Å². The predicted molar refractivity (Wildman–Crippen MR) is 83.8 cm³/mol. The van der Waals surface area contributed by atoms with Crippen molar-refractivity contribution in [1.82, 2.24) is 25.2 Å². The van der Waals surface area contributed by atoms with Gasteiger partial charge < -0.3 is 14.6 Å². The van der Waals surface area contributed by atoms with E-state index in [1.165, 1.54) is 6.26 Å². The van der Waals surface area contributed by atoms with E-state index in [1.807, 2.05) is 4.90 Å². The van der Waals surface area contributed by atoms with Crippen molar-refractivity contribution in [3.63, 3.8) is 0 Å². The Balaban J connectivity index is 1.67. The van der Waals surface area contributed by atoms with E-state index < -0.39 is 0 Å². The van der Waals surface area contributed by atoms with Gasteiger partial charge in [0.2, 0.25) is 5.91 Å². The molecule has 1 saturated heterocycles. The summed E-state index contributed by atoms with van der Waals surface area (Å²) in [6.45, 7) is 4.22. The van der Waals surface area contributed by atoms with Crippen LogP contribution in [-0.2, 0) is 11.3 Å². The Bertz CT molecular complexity index is 758. The summed E-state index contributed by atoms with van der Waals surface area (Å²) in [7, 11) is 0. The Labute approximate surface area is 139 Å². The maximum absolute atomic E-state index is 12.0. The van der Waals surface area contributed by atoms with E-state index in [-0.39, 0.29) is 30.1 Å². The highest BCUT2D eigenvalue weighted by atomic mass is 16.3. The number of amides is 2. The zero-order valence-corrected chi connectivity index (χ0v) is 13.7. The van der Waals surface area contributed by atoms with Crippen LogP contribution in [0.25, 0.3) is 0 Å². The molecule has 0 aliphatic carbocycles. The Morgan fingerprint density at radius 2 is 2.21 bits per heavy atom. The number of carbonyl (C=O) groups is 2. The molecule has 0 spiro atoms. The van der Waals surface area contributed by atoms with Crippen molar-refractivity contribution in [3.8, 4) is 0 Å². The number of nitrogens with zero attached hydrogens (tertiary/aromatic N) is 4. The average molecular weight is 329 g/mol. The van der Waals surface area contributed by atoms with E-state index in [0.717, 1.165) is 25.1 Å². The van der Waals surface area contributed by atoms with Crippen molar-refractivity contribution in [3.05, 3.63) is 41.6 Å². The molecule has 24 heavy (non-hydrogen) atoms. The van der Waals surface area contributed by atoms with Gasteiger partial charge in [0.1, 0.15) is 6.26 Å². The first-order valence-electron chi connectivity index (χ1n) is 7.83. The molecule has 3 rings (SSSR count). The highest BCUT2D eigenvalue weighted by Crippen LogP contribution is 2.30. The Hall–Kier alpha value is -2.77. The van der Waals surface area contributed by atoms with Crippen LogP contribution in [0.4, 0.5) is 0 Å². The third-order valence-corrected chi connectivity index (χ3v) is 3.98. The number of hydrogen-bond acceptors (Lipinski definition) is 6.